The van der Waals surface area contributed by atoms with Crippen LogP contribution < -0.4 is 0 Å². The van der Waals surface area contributed by atoms with Crippen LogP contribution in [0.2, 0.25) is 0 Å². The number of alkyl halides is 1. The maximum absolute atomic E-state index is 12.1. The highest BCUT2D eigenvalue weighted by Crippen LogP contribution is 2.23. The van der Waals surface area contributed by atoms with Gasteiger partial charge in [0.1, 0.15) is 6.04 Å². The van der Waals surface area contributed by atoms with Crippen LogP contribution in [0, 0.1) is 0 Å². The molecule has 0 aromatic heterocycles. The lowest BCUT2D eigenvalue weighted by Crippen LogP contribution is -2.62. The molecule has 2 saturated heterocycles. The van der Waals surface area contributed by atoms with Gasteiger partial charge in [-0.05, 0) is 19.3 Å². The van der Waals surface area contributed by atoms with Gasteiger partial charge in [0.15, 0.2) is 0 Å². The van der Waals surface area contributed by atoms with Gasteiger partial charge in [-0.25, -0.2) is 0 Å². The van der Waals surface area contributed by atoms with Crippen LogP contribution in [0.4, 0.5) is 0 Å². The molecule has 2 fully saturated rings. The van der Waals surface area contributed by atoms with E-state index >= 15 is 0 Å². The molecule has 0 aliphatic carbocycles. The van der Waals surface area contributed by atoms with Crippen molar-refractivity contribution in [2.24, 2.45) is 0 Å². The van der Waals surface area contributed by atoms with Gasteiger partial charge >= 0.3 is 0 Å². The van der Waals surface area contributed by atoms with Crippen molar-refractivity contribution in [1.82, 2.24) is 9.80 Å². The molecule has 0 spiro atoms. The highest BCUT2D eigenvalue weighted by atomic mass is 35.5. The Bertz CT molecular complexity index is 324. The minimum Gasteiger partial charge on any atom is -0.390 e. The van der Waals surface area contributed by atoms with E-state index in [9.17, 15) is 14.7 Å². The number of hydrogen-bond donors (Lipinski definition) is 1. The van der Waals surface area contributed by atoms with E-state index in [0.29, 0.717) is 6.54 Å². The maximum Gasteiger partial charge on any atom is 0.245 e. The number of halogens is 1. The number of hydrogen-bond acceptors (Lipinski definition) is 3. The average Bonchev–Trinajstić information content (AvgIpc) is 2.35. The van der Waals surface area contributed by atoms with Crippen molar-refractivity contribution < 1.29 is 14.7 Å². The molecule has 0 aromatic rings. The Balaban J connectivity index is 2.06. The molecule has 0 bridgehead atoms. The largest absolute Gasteiger partial charge is 0.390 e. The molecule has 2 atom stereocenters. The first-order chi connectivity index (χ1) is 8.13. The summed E-state index contributed by atoms with van der Waals surface area (Å²) in [7, 11) is 0. The van der Waals surface area contributed by atoms with Crippen molar-refractivity contribution in [2.45, 2.75) is 31.4 Å². The number of fused-ring (bicyclic) bond motifs is 1. The number of aliphatic hydroxyl groups is 1. The molecule has 0 aromatic carbocycles. The van der Waals surface area contributed by atoms with E-state index in [2.05, 4.69) is 0 Å². The Morgan fingerprint density at radius 2 is 2.18 bits per heavy atom. The fourth-order valence-electron chi connectivity index (χ4n) is 2.49. The molecule has 2 rings (SSSR count). The normalized spacial score (nSPS) is 27.1. The highest BCUT2D eigenvalue weighted by molar-refractivity contribution is 6.18. The van der Waals surface area contributed by atoms with Gasteiger partial charge in [0.2, 0.25) is 11.8 Å². The maximum atomic E-state index is 12.1. The van der Waals surface area contributed by atoms with Crippen LogP contribution in [-0.2, 0) is 9.59 Å². The number of aliphatic hydroxyl groups excluding tert-OH is 1. The van der Waals surface area contributed by atoms with Gasteiger partial charge in [-0.2, -0.15) is 0 Å². The fraction of sp³-hybridized carbons (Fsp3) is 0.818. The van der Waals surface area contributed by atoms with Gasteiger partial charge in [-0.3, -0.25) is 9.59 Å². The van der Waals surface area contributed by atoms with E-state index in [1.54, 1.807) is 4.90 Å². The first kappa shape index (κ1) is 12.6. The van der Waals surface area contributed by atoms with Gasteiger partial charge in [-0.1, -0.05) is 0 Å². The second-order valence-electron chi connectivity index (χ2n) is 4.63. The van der Waals surface area contributed by atoms with Crippen LogP contribution in [0.25, 0.3) is 0 Å². The Hall–Kier alpha value is -0.810. The molecule has 96 valence electrons. The second-order valence-corrected chi connectivity index (χ2v) is 4.93. The minimum atomic E-state index is -0.761. The molecule has 2 unspecified atom stereocenters. The summed E-state index contributed by atoms with van der Waals surface area (Å²) < 4.78 is 0. The smallest absolute Gasteiger partial charge is 0.245 e. The van der Waals surface area contributed by atoms with Gasteiger partial charge in [0.25, 0.3) is 0 Å². The standard InChI is InChI=1S/C11H17ClN2O3/c12-5-8(15)6-13-7-10(16)14-4-2-1-3-9(14)11(13)17/h8-9,15H,1-7H2. The molecular weight excluding hydrogens is 244 g/mol. The van der Waals surface area contributed by atoms with Crippen LogP contribution in [0.1, 0.15) is 19.3 Å². The first-order valence-electron chi connectivity index (χ1n) is 5.95. The molecule has 2 aliphatic heterocycles. The average molecular weight is 261 g/mol. The SMILES string of the molecule is O=C1C2CCCCN2C(=O)CN1CC(O)CCl. The van der Waals surface area contributed by atoms with Crippen LogP contribution in [-0.4, -0.2) is 64.4 Å². The zero-order valence-corrected chi connectivity index (χ0v) is 10.4. The topological polar surface area (TPSA) is 60.9 Å². The van der Waals surface area contributed by atoms with Crippen molar-refractivity contribution in [3.8, 4) is 0 Å². The molecule has 2 amide bonds. The molecule has 2 aliphatic rings. The second kappa shape index (κ2) is 5.23. The predicted octanol–water partition coefficient (Wildman–Crippen LogP) is -0.191. The summed E-state index contributed by atoms with van der Waals surface area (Å²) in [5.41, 5.74) is 0. The van der Waals surface area contributed by atoms with Crippen LogP contribution >= 0.6 is 11.6 Å². The number of piperidine rings is 1. The third-order valence-corrected chi connectivity index (χ3v) is 3.71. The van der Waals surface area contributed by atoms with Gasteiger partial charge in [-0.15, -0.1) is 11.6 Å². The molecule has 17 heavy (non-hydrogen) atoms. The summed E-state index contributed by atoms with van der Waals surface area (Å²) in [6.07, 6.45) is 1.92. The molecule has 0 saturated carbocycles. The minimum absolute atomic E-state index is 0.0175. The Morgan fingerprint density at radius 1 is 1.41 bits per heavy atom. The summed E-state index contributed by atoms with van der Waals surface area (Å²) in [6, 6.07) is -0.312. The van der Waals surface area contributed by atoms with E-state index in [1.165, 1.54) is 4.90 Å². The summed E-state index contributed by atoms with van der Waals surface area (Å²) in [5, 5.41) is 9.46. The van der Waals surface area contributed by atoms with Crippen molar-refractivity contribution in [2.75, 3.05) is 25.5 Å². The Labute approximate surface area is 105 Å². The molecule has 0 radical (unpaired) electrons. The lowest BCUT2D eigenvalue weighted by Gasteiger charge is -2.43. The van der Waals surface area contributed by atoms with Gasteiger partial charge in [0.05, 0.1) is 18.5 Å². The molecule has 5 nitrogen and oxygen atoms in total. The number of piperazine rings is 1. The predicted molar refractivity (Wildman–Crippen MR) is 62.7 cm³/mol. The van der Waals surface area contributed by atoms with Crippen LogP contribution in [0.5, 0.6) is 0 Å². The first-order valence-corrected chi connectivity index (χ1v) is 6.49. The van der Waals surface area contributed by atoms with E-state index in [1.807, 2.05) is 0 Å². The van der Waals surface area contributed by atoms with Crippen molar-refractivity contribution in [3.63, 3.8) is 0 Å². The van der Waals surface area contributed by atoms with Crippen molar-refractivity contribution in [3.05, 3.63) is 0 Å². The van der Waals surface area contributed by atoms with Gasteiger partial charge in [0, 0.05) is 13.1 Å². The van der Waals surface area contributed by atoms with E-state index in [0.717, 1.165) is 19.3 Å². The summed E-state index contributed by atoms with van der Waals surface area (Å²) >= 11 is 5.51. The summed E-state index contributed by atoms with van der Waals surface area (Å²) in [6.45, 7) is 0.906. The number of carbonyl (C=O) groups excluding carboxylic acids is 2. The third-order valence-electron chi connectivity index (χ3n) is 3.36. The Morgan fingerprint density at radius 3 is 2.88 bits per heavy atom. The highest BCUT2D eigenvalue weighted by Gasteiger charge is 2.40. The van der Waals surface area contributed by atoms with Crippen molar-refractivity contribution >= 4 is 23.4 Å². The lowest BCUT2D eigenvalue weighted by atomic mass is 9.98. The number of β-amino-alcohol motifs (C(OH)–C–C–N with tert-alkyl or cyclic N) is 1. The zero-order chi connectivity index (χ0) is 12.4. The number of rotatable bonds is 3. The lowest BCUT2D eigenvalue weighted by molar-refractivity contribution is -0.158. The van der Waals surface area contributed by atoms with Crippen molar-refractivity contribution in [1.29, 1.82) is 0 Å². The number of amides is 2. The molecule has 1 N–H and O–H groups in total. The monoisotopic (exact) mass is 260 g/mol. The fourth-order valence-corrected chi connectivity index (χ4v) is 2.58. The zero-order valence-electron chi connectivity index (χ0n) is 9.64. The molecule has 6 heteroatoms. The van der Waals surface area contributed by atoms with Crippen LogP contribution in [0.3, 0.4) is 0 Å². The van der Waals surface area contributed by atoms with Gasteiger partial charge < -0.3 is 14.9 Å². The number of carbonyl (C=O) groups is 2. The third kappa shape index (κ3) is 2.55. The summed E-state index contributed by atoms with van der Waals surface area (Å²) in [5.74, 6) is 0.0105. The Kier molecular flexibility index (Phi) is 3.89. The van der Waals surface area contributed by atoms with Crippen LogP contribution in [0.15, 0.2) is 0 Å². The molecule has 2 heterocycles. The van der Waals surface area contributed by atoms with E-state index < -0.39 is 6.10 Å². The number of nitrogens with zero attached hydrogens (tertiary/aromatic N) is 2. The van der Waals surface area contributed by atoms with E-state index in [4.69, 9.17) is 11.6 Å². The quantitative estimate of drug-likeness (QED) is 0.716. The van der Waals surface area contributed by atoms with E-state index in [-0.39, 0.29) is 36.8 Å². The molecular formula is C11H17ClN2O3. The summed E-state index contributed by atoms with van der Waals surface area (Å²) in [4.78, 5) is 27.1.